The molecule has 1 heterocycles. The van der Waals surface area contributed by atoms with E-state index in [1.165, 1.54) is 0 Å². The Hall–Kier alpha value is -2.07. The van der Waals surface area contributed by atoms with E-state index in [1.54, 1.807) is 0 Å². The Morgan fingerprint density at radius 1 is 1.22 bits per heavy atom. The molecule has 0 atom stereocenters. The molecule has 1 rings (SSSR count). The summed E-state index contributed by atoms with van der Waals surface area (Å²) in [6, 6.07) is 2.25. The Bertz CT molecular complexity index is 494. The van der Waals surface area contributed by atoms with Gasteiger partial charge >= 0.3 is 0 Å². The van der Waals surface area contributed by atoms with Crippen molar-refractivity contribution in [1.82, 2.24) is 10.2 Å². The second-order valence-electron chi connectivity index (χ2n) is 3.86. The zero-order valence-electron chi connectivity index (χ0n) is 11.2. The van der Waals surface area contributed by atoms with Crippen LogP contribution in [0.4, 0.5) is 5.82 Å². The first-order chi connectivity index (χ1) is 8.73. The summed E-state index contributed by atoms with van der Waals surface area (Å²) >= 11 is 0. The quantitative estimate of drug-likeness (QED) is 0.740. The fourth-order valence-corrected chi connectivity index (χ4v) is 1.95. The van der Waals surface area contributed by atoms with Gasteiger partial charge in [0.05, 0.1) is 12.2 Å². The van der Waals surface area contributed by atoms with Crippen LogP contribution < -0.4 is 4.90 Å². The van der Waals surface area contributed by atoms with Crippen LogP contribution in [0.25, 0.3) is 0 Å². The SMILES string of the molecule is C#CCN(CC)c1nnc(CC)c(CC)c1C#N. The van der Waals surface area contributed by atoms with Gasteiger partial charge in [-0.05, 0) is 25.3 Å². The van der Waals surface area contributed by atoms with Crippen molar-refractivity contribution < 1.29 is 0 Å². The summed E-state index contributed by atoms with van der Waals surface area (Å²) in [7, 11) is 0. The van der Waals surface area contributed by atoms with Gasteiger partial charge in [0, 0.05) is 6.54 Å². The van der Waals surface area contributed by atoms with E-state index >= 15 is 0 Å². The van der Waals surface area contributed by atoms with Gasteiger partial charge in [0.15, 0.2) is 5.82 Å². The number of hydrogen-bond acceptors (Lipinski definition) is 4. The highest BCUT2D eigenvalue weighted by atomic mass is 15.3. The molecule has 0 aliphatic carbocycles. The van der Waals surface area contributed by atoms with Gasteiger partial charge in [0.1, 0.15) is 11.6 Å². The number of aryl methyl sites for hydroxylation is 1. The Morgan fingerprint density at radius 3 is 2.39 bits per heavy atom. The summed E-state index contributed by atoms with van der Waals surface area (Å²) in [6.07, 6.45) is 6.90. The summed E-state index contributed by atoms with van der Waals surface area (Å²) in [6.45, 7) is 7.18. The second kappa shape index (κ2) is 6.61. The van der Waals surface area contributed by atoms with E-state index in [0.29, 0.717) is 24.5 Å². The molecule has 0 bridgehead atoms. The molecule has 0 amide bonds. The molecule has 0 aliphatic rings. The van der Waals surface area contributed by atoms with Crippen molar-refractivity contribution in [3.05, 3.63) is 16.8 Å². The van der Waals surface area contributed by atoms with Crippen LogP contribution in [-0.4, -0.2) is 23.3 Å². The van der Waals surface area contributed by atoms with E-state index in [-0.39, 0.29) is 0 Å². The molecule has 18 heavy (non-hydrogen) atoms. The first-order valence-electron chi connectivity index (χ1n) is 6.20. The first kappa shape index (κ1) is 14.0. The normalized spacial score (nSPS) is 9.61. The van der Waals surface area contributed by atoms with Crippen molar-refractivity contribution in [3.8, 4) is 18.4 Å². The number of rotatable bonds is 5. The lowest BCUT2D eigenvalue weighted by Gasteiger charge is -2.21. The van der Waals surface area contributed by atoms with E-state index < -0.39 is 0 Å². The van der Waals surface area contributed by atoms with Gasteiger partial charge in [-0.25, -0.2) is 0 Å². The average Bonchev–Trinajstić information content (AvgIpc) is 2.42. The van der Waals surface area contributed by atoms with Gasteiger partial charge in [-0.2, -0.15) is 10.4 Å². The van der Waals surface area contributed by atoms with Crippen molar-refractivity contribution >= 4 is 5.82 Å². The molecule has 94 valence electrons. The molecule has 0 N–H and O–H groups in total. The molecule has 0 radical (unpaired) electrons. The predicted octanol–water partition coefficient (Wildman–Crippen LogP) is 1.93. The van der Waals surface area contributed by atoms with E-state index in [2.05, 4.69) is 22.2 Å². The Kier molecular flexibility index (Phi) is 5.14. The Morgan fingerprint density at radius 2 is 1.94 bits per heavy atom. The predicted molar refractivity (Wildman–Crippen MR) is 72.2 cm³/mol. The molecule has 0 saturated carbocycles. The van der Waals surface area contributed by atoms with Crippen LogP contribution in [-0.2, 0) is 12.8 Å². The van der Waals surface area contributed by atoms with Gasteiger partial charge in [-0.15, -0.1) is 11.5 Å². The minimum atomic E-state index is 0.439. The summed E-state index contributed by atoms with van der Waals surface area (Å²) < 4.78 is 0. The maximum atomic E-state index is 9.37. The highest BCUT2D eigenvalue weighted by Crippen LogP contribution is 2.22. The average molecular weight is 242 g/mol. The van der Waals surface area contributed by atoms with E-state index in [4.69, 9.17) is 6.42 Å². The third kappa shape index (κ3) is 2.60. The van der Waals surface area contributed by atoms with Crippen molar-refractivity contribution in [2.75, 3.05) is 18.0 Å². The largest absolute Gasteiger partial charge is 0.343 e. The first-order valence-corrected chi connectivity index (χ1v) is 6.20. The summed E-state index contributed by atoms with van der Waals surface area (Å²) in [5, 5.41) is 17.8. The molecule has 0 aliphatic heterocycles. The number of hydrogen-bond donors (Lipinski definition) is 0. The minimum Gasteiger partial charge on any atom is -0.343 e. The molecule has 4 nitrogen and oxygen atoms in total. The lowest BCUT2D eigenvalue weighted by atomic mass is 10.0. The standard InChI is InChI=1S/C14H18N4/c1-5-9-18(8-4)14-12(10-15)11(6-2)13(7-3)16-17-14/h1H,6-9H2,2-4H3. The smallest absolute Gasteiger partial charge is 0.170 e. The molecule has 0 spiro atoms. The lowest BCUT2D eigenvalue weighted by Crippen LogP contribution is -2.26. The highest BCUT2D eigenvalue weighted by Gasteiger charge is 2.17. The van der Waals surface area contributed by atoms with Crippen LogP contribution in [0.5, 0.6) is 0 Å². The minimum absolute atomic E-state index is 0.439. The van der Waals surface area contributed by atoms with Crippen molar-refractivity contribution in [2.45, 2.75) is 33.6 Å². The van der Waals surface area contributed by atoms with Crippen LogP contribution >= 0.6 is 0 Å². The van der Waals surface area contributed by atoms with Crippen LogP contribution in [0.2, 0.25) is 0 Å². The third-order valence-corrected chi connectivity index (χ3v) is 2.90. The topological polar surface area (TPSA) is 52.8 Å². The Labute approximate surface area is 109 Å². The number of nitrogens with zero attached hydrogens (tertiary/aromatic N) is 4. The zero-order valence-corrected chi connectivity index (χ0v) is 11.2. The molecule has 0 unspecified atom stereocenters. The molecule has 0 aromatic carbocycles. The number of nitriles is 1. The maximum Gasteiger partial charge on any atom is 0.170 e. The number of aromatic nitrogens is 2. The molecule has 0 saturated heterocycles. The molecule has 1 aromatic heterocycles. The van der Waals surface area contributed by atoms with E-state index in [0.717, 1.165) is 24.1 Å². The van der Waals surface area contributed by atoms with Crippen LogP contribution in [0, 0.1) is 23.7 Å². The molecule has 1 aromatic rings. The van der Waals surface area contributed by atoms with Crippen LogP contribution in [0.3, 0.4) is 0 Å². The van der Waals surface area contributed by atoms with E-state index in [1.807, 2.05) is 25.7 Å². The summed E-state index contributed by atoms with van der Waals surface area (Å²) in [5.74, 6) is 3.19. The molecule has 4 heteroatoms. The van der Waals surface area contributed by atoms with Crippen LogP contribution in [0.1, 0.15) is 37.6 Å². The monoisotopic (exact) mass is 242 g/mol. The highest BCUT2D eigenvalue weighted by molar-refractivity contribution is 5.58. The fraction of sp³-hybridized carbons (Fsp3) is 0.500. The fourth-order valence-electron chi connectivity index (χ4n) is 1.95. The molecular formula is C14H18N4. The third-order valence-electron chi connectivity index (χ3n) is 2.90. The number of terminal acetylenes is 1. The molecular weight excluding hydrogens is 224 g/mol. The van der Waals surface area contributed by atoms with Gasteiger partial charge in [0.2, 0.25) is 0 Å². The summed E-state index contributed by atoms with van der Waals surface area (Å²) in [5.41, 5.74) is 2.50. The maximum absolute atomic E-state index is 9.37. The second-order valence-corrected chi connectivity index (χ2v) is 3.86. The number of anilines is 1. The van der Waals surface area contributed by atoms with Gasteiger partial charge in [0.25, 0.3) is 0 Å². The van der Waals surface area contributed by atoms with Crippen molar-refractivity contribution in [1.29, 1.82) is 5.26 Å². The van der Waals surface area contributed by atoms with E-state index in [9.17, 15) is 5.26 Å². The van der Waals surface area contributed by atoms with Crippen molar-refractivity contribution in [2.24, 2.45) is 0 Å². The van der Waals surface area contributed by atoms with Gasteiger partial charge < -0.3 is 4.90 Å². The molecule has 0 fully saturated rings. The van der Waals surface area contributed by atoms with Gasteiger partial charge in [-0.3, -0.25) is 0 Å². The van der Waals surface area contributed by atoms with Crippen LogP contribution in [0.15, 0.2) is 0 Å². The van der Waals surface area contributed by atoms with Gasteiger partial charge in [-0.1, -0.05) is 19.8 Å². The lowest BCUT2D eigenvalue weighted by molar-refractivity contribution is 0.816. The zero-order chi connectivity index (χ0) is 13.5. The van der Waals surface area contributed by atoms with Crippen molar-refractivity contribution in [3.63, 3.8) is 0 Å². The summed E-state index contributed by atoms with van der Waals surface area (Å²) in [4.78, 5) is 1.89. The Balaban J connectivity index is 3.38.